The fraction of sp³-hybridized carbons (Fsp3) is 0.370. The molecule has 0 radical (unpaired) electrons. The second kappa shape index (κ2) is 9.82. The Morgan fingerprint density at radius 1 is 1.11 bits per heavy atom. The third kappa shape index (κ3) is 4.67. The maximum absolute atomic E-state index is 13.3. The van der Waals surface area contributed by atoms with Crippen LogP contribution in [-0.2, 0) is 7.05 Å². The SMILES string of the molecule is CC(C)Nc1cc(-n2ccc3cc(C#N)cnc32)ncc1C(=O)N[C@H]1CC[C@H](c2nccn2C)CC1. The molecule has 0 bridgehead atoms. The van der Waals surface area contributed by atoms with E-state index in [4.69, 9.17) is 5.26 Å². The highest BCUT2D eigenvalue weighted by atomic mass is 16.1. The lowest BCUT2D eigenvalue weighted by Gasteiger charge is -2.29. The van der Waals surface area contributed by atoms with Gasteiger partial charge in [-0.3, -0.25) is 9.36 Å². The Labute approximate surface area is 210 Å². The van der Waals surface area contributed by atoms with Gasteiger partial charge in [0.2, 0.25) is 0 Å². The second-order valence-electron chi connectivity index (χ2n) is 9.74. The maximum Gasteiger partial charge on any atom is 0.255 e. The number of hydrogen-bond donors (Lipinski definition) is 2. The van der Waals surface area contributed by atoms with Crippen LogP contribution < -0.4 is 10.6 Å². The van der Waals surface area contributed by atoms with Gasteiger partial charge >= 0.3 is 0 Å². The average Bonchev–Trinajstić information content (AvgIpc) is 3.49. The lowest BCUT2D eigenvalue weighted by molar-refractivity contribution is 0.0926. The van der Waals surface area contributed by atoms with Crippen molar-refractivity contribution in [2.75, 3.05) is 5.32 Å². The van der Waals surface area contributed by atoms with Crippen molar-refractivity contribution < 1.29 is 4.79 Å². The van der Waals surface area contributed by atoms with E-state index in [1.807, 2.05) is 56.2 Å². The van der Waals surface area contributed by atoms with Gasteiger partial charge in [-0.1, -0.05) is 0 Å². The number of pyridine rings is 2. The summed E-state index contributed by atoms with van der Waals surface area (Å²) in [6.45, 7) is 4.08. The van der Waals surface area contributed by atoms with Gasteiger partial charge in [-0.2, -0.15) is 5.26 Å². The standard InChI is InChI=1S/C27H30N8O/c1-17(2)32-23-13-24(35-10-8-20-12-18(14-28)15-31-26(20)35)30-16-22(23)27(36)33-21-6-4-19(5-7-21)25-29-9-11-34(25)3/h8-13,15-17,19,21H,4-7H2,1-3H3,(H,30,32)(H,33,36)/t19-,21-. The number of carbonyl (C=O) groups is 1. The number of hydrogen-bond acceptors (Lipinski definition) is 6. The Morgan fingerprint density at radius 2 is 1.92 bits per heavy atom. The summed E-state index contributed by atoms with van der Waals surface area (Å²) in [4.78, 5) is 26.8. The molecule has 1 saturated carbocycles. The van der Waals surface area contributed by atoms with Crippen molar-refractivity contribution in [1.29, 1.82) is 5.26 Å². The van der Waals surface area contributed by atoms with E-state index >= 15 is 0 Å². The molecule has 2 N–H and O–H groups in total. The molecule has 0 atom stereocenters. The fourth-order valence-electron chi connectivity index (χ4n) is 4.99. The first-order valence-electron chi connectivity index (χ1n) is 12.3. The third-order valence-corrected chi connectivity index (χ3v) is 6.77. The van der Waals surface area contributed by atoms with Crippen LogP contribution in [0.4, 0.5) is 5.69 Å². The molecule has 0 aromatic carbocycles. The summed E-state index contributed by atoms with van der Waals surface area (Å²) < 4.78 is 3.95. The molecule has 1 amide bonds. The van der Waals surface area contributed by atoms with Crippen LogP contribution in [0.1, 0.15) is 67.2 Å². The summed E-state index contributed by atoms with van der Waals surface area (Å²) in [6.07, 6.45) is 12.7. The van der Waals surface area contributed by atoms with E-state index in [1.165, 1.54) is 0 Å². The molecule has 4 heterocycles. The molecule has 0 spiro atoms. The lowest BCUT2D eigenvalue weighted by Crippen LogP contribution is -2.38. The van der Waals surface area contributed by atoms with E-state index < -0.39 is 0 Å². The largest absolute Gasteiger partial charge is 0.382 e. The molecule has 1 fully saturated rings. The first-order valence-corrected chi connectivity index (χ1v) is 12.3. The summed E-state index contributed by atoms with van der Waals surface area (Å²) in [5.74, 6) is 2.09. The van der Waals surface area contributed by atoms with Gasteiger partial charge in [0.15, 0.2) is 0 Å². The fourth-order valence-corrected chi connectivity index (χ4v) is 4.99. The van der Waals surface area contributed by atoms with E-state index in [0.29, 0.717) is 28.5 Å². The van der Waals surface area contributed by atoms with Gasteiger partial charge in [-0.15, -0.1) is 0 Å². The number of nitrogens with one attached hydrogen (secondary N) is 2. The topological polar surface area (TPSA) is 113 Å². The number of nitrogens with zero attached hydrogens (tertiary/aromatic N) is 6. The van der Waals surface area contributed by atoms with Crippen LogP contribution in [0.5, 0.6) is 0 Å². The van der Waals surface area contributed by atoms with Crippen LogP contribution in [0.2, 0.25) is 0 Å². The van der Waals surface area contributed by atoms with Crippen LogP contribution in [0.25, 0.3) is 16.9 Å². The van der Waals surface area contributed by atoms with E-state index in [0.717, 1.165) is 42.6 Å². The van der Waals surface area contributed by atoms with Crippen molar-refractivity contribution in [3.8, 4) is 11.9 Å². The molecule has 4 aromatic heterocycles. The molecule has 1 aliphatic carbocycles. The minimum Gasteiger partial charge on any atom is -0.382 e. The van der Waals surface area contributed by atoms with Crippen LogP contribution >= 0.6 is 0 Å². The van der Waals surface area contributed by atoms with Gasteiger partial charge < -0.3 is 15.2 Å². The molecule has 184 valence electrons. The summed E-state index contributed by atoms with van der Waals surface area (Å²) in [5, 5.41) is 16.6. The Balaban J connectivity index is 1.35. The van der Waals surface area contributed by atoms with Crippen molar-refractivity contribution >= 4 is 22.6 Å². The summed E-state index contributed by atoms with van der Waals surface area (Å²) in [5.41, 5.74) is 2.47. The number of imidazole rings is 1. The molecule has 5 rings (SSSR count). The second-order valence-corrected chi connectivity index (χ2v) is 9.74. The smallest absolute Gasteiger partial charge is 0.255 e. The molecule has 4 aromatic rings. The number of aryl methyl sites for hydroxylation is 1. The van der Waals surface area contributed by atoms with Crippen molar-refractivity contribution in [3.63, 3.8) is 0 Å². The van der Waals surface area contributed by atoms with E-state index in [2.05, 4.69) is 36.2 Å². The summed E-state index contributed by atoms with van der Waals surface area (Å²) in [6, 6.07) is 7.98. The minimum absolute atomic E-state index is 0.119. The first-order chi connectivity index (χ1) is 17.4. The van der Waals surface area contributed by atoms with Gasteiger partial charge in [-0.25, -0.2) is 15.0 Å². The monoisotopic (exact) mass is 482 g/mol. The van der Waals surface area contributed by atoms with Crippen molar-refractivity contribution in [1.82, 2.24) is 29.4 Å². The zero-order chi connectivity index (χ0) is 25.2. The molecule has 1 aliphatic rings. The highest BCUT2D eigenvalue weighted by molar-refractivity contribution is 5.99. The number of anilines is 1. The molecule has 0 aliphatic heterocycles. The van der Waals surface area contributed by atoms with Crippen molar-refractivity contribution in [3.05, 3.63) is 66.1 Å². The van der Waals surface area contributed by atoms with Crippen LogP contribution in [0.15, 0.2) is 49.2 Å². The van der Waals surface area contributed by atoms with Gasteiger partial charge in [0.1, 0.15) is 23.4 Å². The van der Waals surface area contributed by atoms with Gasteiger partial charge in [0, 0.05) is 67.5 Å². The van der Waals surface area contributed by atoms with Crippen LogP contribution in [-0.4, -0.2) is 42.1 Å². The van der Waals surface area contributed by atoms with E-state index in [1.54, 1.807) is 18.5 Å². The van der Waals surface area contributed by atoms with Crippen LogP contribution in [0, 0.1) is 11.3 Å². The Kier molecular flexibility index (Phi) is 6.42. The third-order valence-electron chi connectivity index (χ3n) is 6.77. The van der Waals surface area contributed by atoms with Gasteiger partial charge in [0.25, 0.3) is 5.91 Å². The zero-order valence-corrected chi connectivity index (χ0v) is 20.8. The predicted octanol–water partition coefficient (Wildman–Crippen LogP) is 4.30. The Morgan fingerprint density at radius 3 is 2.61 bits per heavy atom. The number of amides is 1. The Hall–Kier alpha value is -4.19. The van der Waals surface area contributed by atoms with Gasteiger partial charge in [0.05, 0.1) is 16.8 Å². The molecule has 0 saturated heterocycles. The normalized spacial score (nSPS) is 17.8. The number of nitriles is 1. The minimum atomic E-state index is -0.119. The van der Waals surface area contributed by atoms with Crippen LogP contribution in [0.3, 0.4) is 0 Å². The van der Waals surface area contributed by atoms with Crippen molar-refractivity contribution in [2.24, 2.45) is 7.05 Å². The summed E-state index contributed by atoms with van der Waals surface area (Å²) in [7, 11) is 2.03. The quantitative estimate of drug-likeness (QED) is 0.424. The van der Waals surface area contributed by atoms with E-state index in [-0.39, 0.29) is 18.0 Å². The number of rotatable bonds is 6. The number of fused-ring (bicyclic) bond motifs is 1. The Bertz CT molecular complexity index is 1440. The first kappa shape index (κ1) is 23.5. The molecular weight excluding hydrogens is 452 g/mol. The molecular formula is C27H30N8O. The predicted molar refractivity (Wildman–Crippen MR) is 138 cm³/mol. The molecule has 0 unspecified atom stereocenters. The highest BCUT2D eigenvalue weighted by Crippen LogP contribution is 2.32. The highest BCUT2D eigenvalue weighted by Gasteiger charge is 2.27. The number of carbonyl (C=O) groups excluding carboxylic acids is 1. The van der Waals surface area contributed by atoms with Crippen molar-refractivity contribution in [2.45, 2.75) is 57.5 Å². The zero-order valence-electron chi connectivity index (χ0n) is 20.8. The molecule has 36 heavy (non-hydrogen) atoms. The number of aromatic nitrogens is 5. The maximum atomic E-state index is 13.3. The summed E-state index contributed by atoms with van der Waals surface area (Å²) >= 11 is 0. The van der Waals surface area contributed by atoms with E-state index in [9.17, 15) is 4.79 Å². The lowest BCUT2D eigenvalue weighted by atomic mass is 9.85. The van der Waals surface area contributed by atoms with Gasteiger partial charge in [-0.05, 0) is 51.7 Å². The average molecular weight is 483 g/mol. The molecule has 9 nitrogen and oxygen atoms in total. The molecule has 9 heteroatoms.